The number of nitrogens with zero attached hydrogens (tertiary/aromatic N) is 2. The third-order valence-corrected chi connectivity index (χ3v) is 6.29. The molecule has 0 radical (unpaired) electrons. The second kappa shape index (κ2) is 6.36. The first kappa shape index (κ1) is 18.0. The number of amides is 2. The monoisotopic (exact) mass is 371 g/mol. The molecule has 1 aromatic heterocycles. The summed E-state index contributed by atoms with van der Waals surface area (Å²) in [5, 5.41) is 0.729. The van der Waals surface area contributed by atoms with Crippen molar-refractivity contribution in [3.8, 4) is 0 Å². The van der Waals surface area contributed by atoms with Crippen LogP contribution in [0.2, 0.25) is 0 Å². The van der Waals surface area contributed by atoms with Crippen molar-refractivity contribution >= 4 is 22.7 Å². The molecular formula is C21H26FN3O2. The first-order valence-electron chi connectivity index (χ1n) is 9.71. The molecule has 2 amide bonds. The average molecular weight is 371 g/mol. The first-order valence-corrected chi connectivity index (χ1v) is 9.71. The molecule has 2 saturated heterocycles. The number of hydrogen-bond acceptors (Lipinski definition) is 2. The van der Waals surface area contributed by atoms with Crippen molar-refractivity contribution < 1.29 is 14.0 Å². The highest BCUT2D eigenvalue weighted by Gasteiger charge is 2.50. The lowest BCUT2D eigenvalue weighted by atomic mass is 9.78. The van der Waals surface area contributed by atoms with Crippen LogP contribution in [0.4, 0.5) is 4.39 Å². The number of rotatable bonds is 2. The Morgan fingerprint density at radius 2 is 2.04 bits per heavy atom. The molecule has 3 heterocycles. The van der Waals surface area contributed by atoms with Crippen molar-refractivity contribution in [2.24, 2.45) is 5.41 Å². The molecule has 2 aliphatic heterocycles. The van der Waals surface area contributed by atoms with Gasteiger partial charge in [-0.1, -0.05) is 12.1 Å². The highest BCUT2D eigenvalue weighted by atomic mass is 19.1. The summed E-state index contributed by atoms with van der Waals surface area (Å²) < 4.78 is 14.1. The first-order chi connectivity index (χ1) is 12.8. The van der Waals surface area contributed by atoms with Gasteiger partial charge in [-0.2, -0.15) is 0 Å². The van der Waals surface area contributed by atoms with Crippen LogP contribution in [-0.2, 0) is 4.79 Å². The number of carbonyl (C=O) groups excluding carboxylic acids is 2. The summed E-state index contributed by atoms with van der Waals surface area (Å²) in [6.07, 6.45) is 2.51. The SMILES string of the molecule is Cc1c(C(=O)N2CC[C@]3(CCCN(C(C)C)C3=O)C2)[nH]c2c(F)cccc12. The van der Waals surface area contributed by atoms with E-state index in [-0.39, 0.29) is 23.7 Å². The van der Waals surface area contributed by atoms with Crippen LogP contribution < -0.4 is 0 Å². The highest BCUT2D eigenvalue weighted by molar-refractivity contribution is 6.01. The normalized spacial score (nSPS) is 23.2. The van der Waals surface area contributed by atoms with Gasteiger partial charge >= 0.3 is 0 Å². The quantitative estimate of drug-likeness (QED) is 0.879. The lowest BCUT2D eigenvalue weighted by Gasteiger charge is -2.41. The molecule has 6 heteroatoms. The molecule has 0 bridgehead atoms. The van der Waals surface area contributed by atoms with Gasteiger partial charge in [0.25, 0.3) is 5.91 Å². The molecule has 1 atom stereocenters. The van der Waals surface area contributed by atoms with Gasteiger partial charge in [-0.15, -0.1) is 0 Å². The Morgan fingerprint density at radius 3 is 2.74 bits per heavy atom. The van der Waals surface area contributed by atoms with Gasteiger partial charge in [-0.05, 0) is 51.7 Å². The summed E-state index contributed by atoms with van der Waals surface area (Å²) in [7, 11) is 0. The number of para-hydroxylation sites is 1. The number of halogens is 1. The Hall–Kier alpha value is -2.37. The number of nitrogens with one attached hydrogen (secondary N) is 1. The van der Waals surface area contributed by atoms with Crippen molar-refractivity contribution in [3.05, 3.63) is 35.3 Å². The van der Waals surface area contributed by atoms with Crippen molar-refractivity contribution in [2.45, 2.75) is 46.1 Å². The summed E-state index contributed by atoms with van der Waals surface area (Å²) in [6, 6.07) is 5.04. The highest BCUT2D eigenvalue weighted by Crippen LogP contribution is 2.41. The van der Waals surface area contributed by atoms with E-state index in [0.717, 1.165) is 30.3 Å². The Labute approximate surface area is 158 Å². The van der Waals surface area contributed by atoms with E-state index in [9.17, 15) is 14.0 Å². The summed E-state index contributed by atoms with van der Waals surface area (Å²) >= 11 is 0. The van der Waals surface area contributed by atoms with E-state index < -0.39 is 5.41 Å². The van der Waals surface area contributed by atoms with E-state index in [4.69, 9.17) is 0 Å². The van der Waals surface area contributed by atoms with Crippen LogP contribution in [0, 0.1) is 18.2 Å². The lowest BCUT2D eigenvalue weighted by molar-refractivity contribution is -0.147. The van der Waals surface area contributed by atoms with E-state index in [1.54, 1.807) is 11.0 Å². The lowest BCUT2D eigenvalue weighted by Crippen LogP contribution is -2.52. The van der Waals surface area contributed by atoms with Crippen LogP contribution >= 0.6 is 0 Å². The molecule has 2 aliphatic rings. The Balaban J connectivity index is 1.61. The molecule has 5 nitrogen and oxygen atoms in total. The zero-order valence-corrected chi connectivity index (χ0v) is 16.1. The van der Waals surface area contributed by atoms with Gasteiger partial charge in [-0.25, -0.2) is 4.39 Å². The average Bonchev–Trinajstić information content (AvgIpc) is 3.21. The topological polar surface area (TPSA) is 56.4 Å². The number of H-pyrrole nitrogens is 1. The predicted octanol–water partition coefficient (Wildman–Crippen LogP) is 3.48. The second-order valence-corrected chi connectivity index (χ2v) is 8.24. The van der Waals surface area contributed by atoms with Gasteiger partial charge in [0.05, 0.1) is 10.9 Å². The zero-order chi connectivity index (χ0) is 19.3. The molecule has 0 saturated carbocycles. The van der Waals surface area contributed by atoms with Crippen molar-refractivity contribution in [1.29, 1.82) is 0 Å². The molecule has 1 N–H and O–H groups in total. The number of hydrogen-bond donors (Lipinski definition) is 1. The van der Waals surface area contributed by atoms with Crippen LogP contribution in [0.25, 0.3) is 10.9 Å². The van der Waals surface area contributed by atoms with Crippen LogP contribution in [0.5, 0.6) is 0 Å². The summed E-state index contributed by atoms with van der Waals surface area (Å²) in [5.41, 5.74) is 1.10. The van der Waals surface area contributed by atoms with Gasteiger partial charge in [0.2, 0.25) is 5.91 Å². The number of benzene rings is 1. The molecule has 2 fully saturated rings. The van der Waals surface area contributed by atoms with Crippen molar-refractivity contribution in [3.63, 3.8) is 0 Å². The Kier molecular flexibility index (Phi) is 4.24. The predicted molar refractivity (Wildman–Crippen MR) is 102 cm³/mol. The van der Waals surface area contributed by atoms with Gasteiger partial charge in [0, 0.05) is 31.1 Å². The van der Waals surface area contributed by atoms with Gasteiger partial charge < -0.3 is 14.8 Å². The Bertz CT molecular complexity index is 920. The summed E-state index contributed by atoms with van der Waals surface area (Å²) in [5.74, 6) is -0.324. The number of piperidine rings is 1. The van der Waals surface area contributed by atoms with E-state index in [1.165, 1.54) is 6.07 Å². The van der Waals surface area contributed by atoms with Crippen LogP contribution in [0.3, 0.4) is 0 Å². The number of carbonyl (C=O) groups is 2. The third kappa shape index (κ3) is 2.73. The molecule has 27 heavy (non-hydrogen) atoms. The number of fused-ring (bicyclic) bond motifs is 1. The van der Waals surface area contributed by atoms with Crippen LogP contribution in [0.15, 0.2) is 18.2 Å². The van der Waals surface area contributed by atoms with Gasteiger partial charge in [-0.3, -0.25) is 9.59 Å². The van der Waals surface area contributed by atoms with E-state index >= 15 is 0 Å². The molecule has 144 valence electrons. The maximum absolute atomic E-state index is 14.1. The number of aromatic nitrogens is 1. The molecule has 0 unspecified atom stereocenters. The minimum Gasteiger partial charge on any atom is -0.348 e. The Morgan fingerprint density at radius 1 is 1.26 bits per heavy atom. The van der Waals surface area contributed by atoms with E-state index in [0.29, 0.717) is 30.7 Å². The fourth-order valence-electron chi connectivity index (χ4n) is 4.71. The number of aromatic amines is 1. The summed E-state index contributed by atoms with van der Waals surface area (Å²) in [4.78, 5) is 32.9. The van der Waals surface area contributed by atoms with Gasteiger partial charge in [0.1, 0.15) is 11.5 Å². The van der Waals surface area contributed by atoms with E-state index in [2.05, 4.69) is 4.98 Å². The summed E-state index contributed by atoms with van der Waals surface area (Å²) in [6.45, 7) is 7.73. The third-order valence-electron chi connectivity index (χ3n) is 6.29. The number of aryl methyl sites for hydroxylation is 1. The van der Waals surface area contributed by atoms with Gasteiger partial charge in [0.15, 0.2) is 0 Å². The maximum atomic E-state index is 14.1. The molecule has 0 aliphatic carbocycles. The number of likely N-dealkylation sites (tertiary alicyclic amines) is 2. The zero-order valence-electron chi connectivity index (χ0n) is 16.1. The molecule has 1 aromatic carbocycles. The van der Waals surface area contributed by atoms with Crippen LogP contribution in [0.1, 0.15) is 49.2 Å². The second-order valence-electron chi connectivity index (χ2n) is 8.24. The largest absolute Gasteiger partial charge is 0.348 e. The smallest absolute Gasteiger partial charge is 0.270 e. The van der Waals surface area contributed by atoms with E-state index in [1.807, 2.05) is 31.7 Å². The molecule has 2 aromatic rings. The fraction of sp³-hybridized carbons (Fsp3) is 0.524. The maximum Gasteiger partial charge on any atom is 0.270 e. The molecular weight excluding hydrogens is 345 g/mol. The molecule has 4 rings (SSSR count). The standard InChI is InChI=1S/C21H26FN3O2/c1-13(2)25-10-5-8-21(20(25)27)9-11-24(12-21)19(26)17-14(3)15-6-4-7-16(22)18(15)23-17/h4,6-7,13,23H,5,8-12H2,1-3H3/t21-/m1/s1. The molecule has 1 spiro atoms. The van der Waals surface area contributed by atoms with Crippen LogP contribution in [-0.4, -0.2) is 52.3 Å². The minimum atomic E-state index is -0.455. The van der Waals surface area contributed by atoms with Crippen molar-refractivity contribution in [1.82, 2.24) is 14.8 Å². The van der Waals surface area contributed by atoms with Crippen molar-refractivity contribution in [2.75, 3.05) is 19.6 Å². The fourth-order valence-corrected chi connectivity index (χ4v) is 4.71. The minimum absolute atomic E-state index is 0.144.